The number of carboxylic acid groups (broad SMARTS) is 1. The molecule has 0 aliphatic carbocycles. The van der Waals surface area contributed by atoms with Gasteiger partial charge in [-0.05, 0) is 12.3 Å². The molecule has 22 heavy (non-hydrogen) atoms. The Morgan fingerprint density at radius 3 is 2.68 bits per heavy atom. The SMILES string of the molecule is CC(C)CN1CCN(c2cnc(C(=O)O)cn2)CC1CCO. The Balaban J connectivity index is 2.05. The lowest BCUT2D eigenvalue weighted by molar-refractivity contribution is 0.0690. The van der Waals surface area contributed by atoms with Crippen molar-refractivity contribution in [1.82, 2.24) is 14.9 Å². The molecule has 2 heterocycles. The highest BCUT2D eigenvalue weighted by Gasteiger charge is 2.27. The molecule has 1 saturated heterocycles. The molecular weight excluding hydrogens is 284 g/mol. The van der Waals surface area contributed by atoms with Gasteiger partial charge in [0.2, 0.25) is 0 Å². The Bertz CT molecular complexity index is 492. The molecular formula is C15H24N4O3. The molecule has 7 heteroatoms. The third kappa shape index (κ3) is 4.14. The first kappa shape index (κ1) is 16.6. The molecule has 0 radical (unpaired) electrons. The first-order chi connectivity index (χ1) is 10.5. The summed E-state index contributed by atoms with van der Waals surface area (Å²) in [6.45, 7) is 8.07. The van der Waals surface area contributed by atoms with Crippen LogP contribution in [-0.4, -0.2) is 69.9 Å². The van der Waals surface area contributed by atoms with Crippen molar-refractivity contribution in [3.63, 3.8) is 0 Å². The summed E-state index contributed by atoms with van der Waals surface area (Å²) in [7, 11) is 0. The average Bonchev–Trinajstić information content (AvgIpc) is 2.49. The van der Waals surface area contributed by atoms with Gasteiger partial charge in [-0.15, -0.1) is 0 Å². The van der Waals surface area contributed by atoms with Gasteiger partial charge in [0.1, 0.15) is 5.82 Å². The number of nitrogens with zero attached hydrogens (tertiary/aromatic N) is 4. The van der Waals surface area contributed by atoms with Crippen molar-refractivity contribution in [3.8, 4) is 0 Å². The first-order valence-corrected chi connectivity index (χ1v) is 7.66. The summed E-state index contributed by atoms with van der Waals surface area (Å²) in [4.78, 5) is 23.5. The number of anilines is 1. The summed E-state index contributed by atoms with van der Waals surface area (Å²) >= 11 is 0. The van der Waals surface area contributed by atoms with Crippen LogP contribution in [0, 0.1) is 5.92 Å². The second-order valence-electron chi connectivity index (χ2n) is 6.07. The van der Waals surface area contributed by atoms with Gasteiger partial charge in [0.25, 0.3) is 0 Å². The van der Waals surface area contributed by atoms with Gasteiger partial charge in [-0.3, -0.25) is 4.90 Å². The highest BCUT2D eigenvalue weighted by Crippen LogP contribution is 2.19. The topological polar surface area (TPSA) is 89.8 Å². The minimum Gasteiger partial charge on any atom is -0.476 e. The number of aliphatic hydroxyl groups is 1. The van der Waals surface area contributed by atoms with Gasteiger partial charge in [0.15, 0.2) is 5.69 Å². The standard InChI is InChI=1S/C15H24N4O3/c1-11(2)9-18-4-5-19(10-12(18)3-6-20)14-8-16-13(7-17-14)15(21)22/h7-8,11-12,20H,3-6,9-10H2,1-2H3,(H,21,22). The van der Waals surface area contributed by atoms with E-state index < -0.39 is 5.97 Å². The van der Waals surface area contributed by atoms with Gasteiger partial charge in [-0.2, -0.15) is 0 Å². The lowest BCUT2D eigenvalue weighted by Gasteiger charge is -2.42. The summed E-state index contributed by atoms with van der Waals surface area (Å²) in [5.74, 6) is 0.207. The molecule has 1 aromatic heterocycles. The number of aliphatic hydroxyl groups excluding tert-OH is 1. The van der Waals surface area contributed by atoms with Gasteiger partial charge in [0.05, 0.1) is 12.4 Å². The second kappa shape index (κ2) is 7.51. The number of carboxylic acids is 1. The zero-order valence-corrected chi connectivity index (χ0v) is 13.1. The van der Waals surface area contributed by atoms with Crippen molar-refractivity contribution >= 4 is 11.8 Å². The normalized spacial score (nSPS) is 19.6. The summed E-state index contributed by atoms with van der Waals surface area (Å²) in [5, 5.41) is 18.2. The van der Waals surface area contributed by atoms with Crippen molar-refractivity contribution in [2.24, 2.45) is 5.92 Å². The van der Waals surface area contributed by atoms with E-state index in [0.29, 0.717) is 11.7 Å². The summed E-state index contributed by atoms with van der Waals surface area (Å²) in [6.07, 6.45) is 3.53. The van der Waals surface area contributed by atoms with Gasteiger partial charge in [-0.25, -0.2) is 14.8 Å². The smallest absolute Gasteiger partial charge is 0.356 e. The maximum absolute atomic E-state index is 10.8. The zero-order valence-electron chi connectivity index (χ0n) is 13.1. The van der Waals surface area contributed by atoms with Crippen LogP contribution in [-0.2, 0) is 0 Å². The number of aromatic nitrogens is 2. The summed E-state index contributed by atoms with van der Waals surface area (Å²) in [6, 6.07) is 0.280. The molecule has 0 spiro atoms. The number of aromatic carboxylic acids is 1. The predicted molar refractivity (Wildman–Crippen MR) is 83.1 cm³/mol. The van der Waals surface area contributed by atoms with Crippen molar-refractivity contribution in [2.75, 3.05) is 37.7 Å². The molecule has 122 valence electrons. The maximum Gasteiger partial charge on any atom is 0.356 e. The van der Waals surface area contributed by atoms with Crippen LogP contribution in [0.3, 0.4) is 0 Å². The molecule has 1 aliphatic rings. The van der Waals surface area contributed by atoms with E-state index in [1.165, 1.54) is 12.4 Å². The second-order valence-corrected chi connectivity index (χ2v) is 6.07. The minimum absolute atomic E-state index is 0.0471. The Morgan fingerprint density at radius 2 is 2.14 bits per heavy atom. The fourth-order valence-electron chi connectivity index (χ4n) is 2.83. The van der Waals surface area contributed by atoms with E-state index in [1.54, 1.807) is 0 Å². The van der Waals surface area contributed by atoms with Crippen LogP contribution in [0.2, 0.25) is 0 Å². The fraction of sp³-hybridized carbons (Fsp3) is 0.667. The van der Waals surface area contributed by atoms with E-state index >= 15 is 0 Å². The Labute approximate surface area is 130 Å². The van der Waals surface area contributed by atoms with Gasteiger partial charge in [-0.1, -0.05) is 13.8 Å². The van der Waals surface area contributed by atoms with Gasteiger partial charge in [0, 0.05) is 38.8 Å². The molecule has 2 rings (SSSR count). The highest BCUT2D eigenvalue weighted by molar-refractivity contribution is 5.84. The number of hydrogen-bond donors (Lipinski definition) is 2. The van der Waals surface area contributed by atoms with Crippen molar-refractivity contribution < 1.29 is 15.0 Å². The predicted octanol–water partition coefficient (Wildman–Crippen LogP) is 0.704. The monoisotopic (exact) mass is 308 g/mol. The van der Waals surface area contributed by atoms with E-state index in [4.69, 9.17) is 5.11 Å². The largest absolute Gasteiger partial charge is 0.476 e. The fourth-order valence-corrected chi connectivity index (χ4v) is 2.83. The van der Waals surface area contributed by atoms with Crippen LogP contribution < -0.4 is 4.90 Å². The summed E-state index contributed by atoms with van der Waals surface area (Å²) in [5.41, 5.74) is -0.0471. The number of hydrogen-bond acceptors (Lipinski definition) is 6. The molecule has 0 bridgehead atoms. The molecule has 1 aliphatic heterocycles. The van der Waals surface area contributed by atoms with E-state index in [9.17, 15) is 9.90 Å². The quantitative estimate of drug-likeness (QED) is 0.799. The van der Waals surface area contributed by atoms with Gasteiger partial charge < -0.3 is 15.1 Å². The maximum atomic E-state index is 10.8. The molecule has 0 saturated carbocycles. The molecule has 1 aromatic rings. The number of carbonyl (C=O) groups is 1. The van der Waals surface area contributed by atoms with Crippen molar-refractivity contribution in [1.29, 1.82) is 0 Å². The van der Waals surface area contributed by atoms with E-state index in [0.717, 1.165) is 32.6 Å². The van der Waals surface area contributed by atoms with Crippen LogP contribution in [0.4, 0.5) is 5.82 Å². The molecule has 0 amide bonds. The van der Waals surface area contributed by atoms with Crippen molar-refractivity contribution in [3.05, 3.63) is 18.1 Å². The molecule has 0 aromatic carbocycles. The Morgan fingerprint density at radius 1 is 1.36 bits per heavy atom. The van der Waals surface area contributed by atoms with Gasteiger partial charge >= 0.3 is 5.97 Å². The first-order valence-electron chi connectivity index (χ1n) is 7.66. The third-order valence-electron chi connectivity index (χ3n) is 3.85. The number of piperazine rings is 1. The summed E-state index contributed by atoms with van der Waals surface area (Å²) < 4.78 is 0. The molecule has 1 atom stereocenters. The lowest BCUT2D eigenvalue weighted by Crippen LogP contribution is -2.54. The molecule has 2 N–H and O–H groups in total. The van der Waals surface area contributed by atoms with Crippen LogP contribution >= 0.6 is 0 Å². The highest BCUT2D eigenvalue weighted by atomic mass is 16.4. The lowest BCUT2D eigenvalue weighted by atomic mass is 10.1. The van der Waals surface area contributed by atoms with Crippen LogP contribution in [0.5, 0.6) is 0 Å². The molecule has 7 nitrogen and oxygen atoms in total. The van der Waals surface area contributed by atoms with E-state index in [1.807, 2.05) is 0 Å². The average molecular weight is 308 g/mol. The zero-order chi connectivity index (χ0) is 16.1. The van der Waals surface area contributed by atoms with Crippen LogP contribution in [0.1, 0.15) is 30.8 Å². The van der Waals surface area contributed by atoms with E-state index in [2.05, 4.69) is 33.6 Å². The minimum atomic E-state index is -1.07. The third-order valence-corrected chi connectivity index (χ3v) is 3.85. The number of rotatable bonds is 6. The Kier molecular flexibility index (Phi) is 5.68. The molecule has 1 unspecified atom stereocenters. The molecule has 1 fully saturated rings. The Hall–Kier alpha value is -1.73. The van der Waals surface area contributed by atoms with Crippen molar-refractivity contribution in [2.45, 2.75) is 26.3 Å². The van der Waals surface area contributed by atoms with Crippen LogP contribution in [0.25, 0.3) is 0 Å². The van der Waals surface area contributed by atoms with Crippen LogP contribution in [0.15, 0.2) is 12.4 Å². The van der Waals surface area contributed by atoms with E-state index in [-0.39, 0.29) is 18.3 Å².